The normalized spacial score (nSPS) is 15.4. The van der Waals surface area contributed by atoms with E-state index in [-0.39, 0.29) is 23.3 Å². The van der Waals surface area contributed by atoms with Gasteiger partial charge in [0, 0.05) is 19.1 Å². The van der Waals surface area contributed by atoms with Crippen LogP contribution in [-0.2, 0) is 18.4 Å². The third-order valence-corrected chi connectivity index (χ3v) is 6.29. The number of benzene rings is 2. The van der Waals surface area contributed by atoms with Gasteiger partial charge < -0.3 is 18.9 Å². The van der Waals surface area contributed by atoms with Crippen LogP contribution in [0.25, 0.3) is 0 Å². The fraction of sp³-hybridized carbons (Fsp3) is 0.375. The second-order valence-corrected chi connectivity index (χ2v) is 9.63. The summed E-state index contributed by atoms with van der Waals surface area (Å²) in [5, 5.41) is 9.28. The van der Waals surface area contributed by atoms with E-state index in [9.17, 15) is 4.79 Å². The molecule has 3 aromatic rings. The summed E-state index contributed by atoms with van der Waals surface area (Å²) in [5.74, 6) is 2.43. The highest BCUT2D eigenvalue weighted by molar-refractivity contribution is 7.99. The number of hydrogen-bond acceptors (Lipinski definition) is 6. The Morgan fingerprint density at radius 2 is 1.78 bits per heavy atom. The number of carbonyl (C=O) groups excluding carboxylic acids is 1. The predicted molar refractivity (Wildman–Crippen MR) is 124 cm³/mol. The lowest BCUT2D eigenvalue weighted by Crippen LogP contribution is -2.45. The fourth-order valence-corrected chi connectivity index (χ4v) is 4.34. The Hall–Kier alpha value is -3.00. The molecule has 2 heterocycles. The zero-order chi connectivity index (χ0) is 22.7. The number of nitrogens with zero attached hydrogens (tertiary/aromatic N) is 4. The van der Waals surface area contributed by atoms with Crippen LogP contribution in [0, 0.1) is 0 Å². The number of carbonyl (C=O) groups is 1. The molecule has 1 aromatic heterocycles. The summed E-state index contributed by atoms with van der Waals surface area (Å²) in [6.45, 7) is 7.09. The van der Waals surface area contributed by atoms with E-state index in [0.717, 1.165) is 11.3 Å². The maximum absolute atomic E-state index is 13.1. The molecule has 7 nitrogen and oxygen atoms in total. The van der Waals surface area contributed by atoms with Crippen molar-refractivity contribution in [3.63, 3.8) is 0 Å². The van der Waals surface area contributed by atoms with Crippen molar-refractivity contribution < 1.29 is 14.3 Å². The highest BCUT2D eigenvalue weighted by Gasteiger charge is 2.29. The zero-order valence-corrected chi connectivity index (χ0v) is 19.6. The van der Waals surface area contributed by atoms with E-state index in [1.807, 2.05) is 71.1 Å². The van der Waals surface area contributed by atoms with Gasteiger partial charge in [0.2, 0.25) is 5.91 Å². The van der Waals surface area contributed by atoms with Gasteiger partial charge in [-0.25, -0.2) is 0 Å². The average molecular weight is 453 g/mol. The lowest BCUT2D eigenvalue weighted by molar-refractivity contribution is -0.133. The number of para-hydroxylation sites is 2. The van der Waals surface area contributed by atoms with Crippen molar-refractivity contribution in [2.45, 2.75) is 44.1 Å². The minimum Gasteiger partial charge on any atom is -0.485 e. The summed E-state index contributed by atoms with van der Waals surface area (Å²) in [5.41, 5.74) is 0.815. The van der Waals surface area contributed by atoms with Crippen LogP contribution >= 0.6 is 11.8 Å². The SMILES string of the molecule is Cn1c(SCC(=O)N(Cc2ccccc2)C(C)(C)C)nnc1C1COc2ccccc2O1. The number of amides is 1. The first-order valence-corrected chi connectivity index (χ1v) is 11.6. The van der Waals surface area contributed by atoms with Gasteiger partial charge in [-0.05, 0) is 38.5 Å². The van der Waals surface area contributed by atoms with Crippen molar-refractivity contribution in [3.05, 3.63) is 66.0 Å². The van der Waals surface area contributed by atoms with Crippen molar-refractivity contribution in [3.8, 4) is 11.5 Å². The smallest absolute Gasteiger partial charge is 0.233 e. The Labute approximate surface area is 192 Å². The molecule has 1 aliphatic rings. The highest BCUT2D eigenvalue weighted by Crippen LogP contribution is 2.35. The van der Waals surface area contributed by atoms with E-state index < -0.39 is 0 Å². The second-order valence-electron chi connectivity index (χ2n) is 8.69. The molecular weight excluding hydrogens is 424 g/mol. The van der Waals surface area contributed by atoms with E-state index >= 15 is 0 Å². The van der Waals surface area contributed by atoms with Gasteiger partial charge in [-0.15, -0.1) is 10.2 Å². The average Bonchev–Trinajstić information content (AvgIpc) is 3.15. The van der Waals surface area contributed by atoms with Gasteiger partial charge >= 0.3 is 0 Å². The first-order valence-electron chi connectivity index (χ1n) is 10.6. The molecular formula is C24H28N4O3S. The molecule has 168 valence electrons. The van der Waals surface area contributed by atoms with E-state index in [4.69, 9.17) is 9.47 Å². The molecule has 2 aromatic carbocycles. The topological polar surface area (TPSA) is 69.5 Å². The van der Waals surface area contributed by atoms with Gasteiger partial charge in [0.05, 0.1) is 5.75 Å². The number of hydrogen-bond donors (Lipinski definition) is 0. The van der Waals surface area contributed by atoms with Crippen molar-refractivity contribution in [1.82, 2.24) is 19.7 Å². The van der Waals surface area contributed by atoms with Gasteiger partial charge in [0.15, 0.2) is 28.6 Å². The largest absolute Gasteiger partial charge is 0.485 e. The van der Waals surface area contributed by atoms with Crippen LogP contribution < -0.4 is 9.47 Å². The first kappa shape index (κ1) is 22.2. The van der Waals surface area contributed by atoms with Crippen LogP contribution in [0.1, 0.15) is 38.3 Å². The van der Waals surface area contributed by atoms with E-state index in [1.165, 1.54) is 11.8 Å². The van der Waals surface area contributed by atoms with Gasteiger partial charge in [-0.2, -0.15) is 0 Å². The summed E-state index contributed by atoms with van der Waals surface area (Å²) in [6.07, 6.45) is -0.350. The maximum atomic E-state index is 13.1. The highest BCUT2D eigenvalue weighted by atomic mass is 32.2. The lowest BCUT2D eigenvalue weighted by atomic mass is 10.0. The molecule has 0 saturated heterocycles. The van der Waals surface area contributed by atoms with Crippen LogP contribution in [0.15, 0.2) is 59.8 Å². The van der Waals surface area contributed by atoms with Crippen molar-refractivity contribution in [2.24, 2.45) is 7.05 Å². The molecule has 4 rings (SSSR count). The van der Waals surface area contributed by atoms with Crippen LogP contribution in [0.3, 0.4) is 0 Å². The Kier molecular flexibility index (Phi) is 6.41. The minimum absolute atomic E-state index is 0.0575. The fourth-order valence-electron chi connectivity index (χ4n) is 3.55. The molecule has 8 heteroatoms. The monoisotopic (exact) mass is 452 g/mol. The predicted octanol–water partition coefficient (Wildman–Crippen LogP) is 4.25. The minimum atomic E-state index is -0.350. The van der Waals surface area contributed by atoms with Gasteiger partial charge in [0.25, 0.3) is 0 Å². The molecule has 0 aliphatic carbocycles. The standard InChI is InChI=1S/C24H28N4O3S/c1-24(2,3)28(14-17-10-6-5-7-11-17)21(29)16-32-23-26-25-22(27(23)4)20-15-30-18-12-8-9-13-19(18)31-20/h5-13,20H,14-16H2,1-4H3. The number of fused-ring (bicyclic) bond motifs is 1. The van der Waals surface area contributed by atoms with Gasteiger partial charge in [0.1, 0.15) is 6.61 Å². The van der Waals surface area contributed by atoms with Gasteiger partial charge in [-0.1, -0.05) is 54.2 Å². The molecule has 1 aliphatic heterocycles. The Bertz CT molecular complexity index is 1080. The number of ether oxygens (including phenoxy) is 2. The van der Waals surface area contributed by atoms with Crippen LogP contribution in [0.2, 0.25) is 0 Å². The molecule has 0 spiro atoms. The summed E-state index contributed by atoms with van der Waals surface area (Å²) in [7, 11) is 1.89. The van der Waals surface area contributed by atoms with Crippen molar-refractivity contribution in [2.75, 3.05) is 12.4 Å². The summed E-state index contributed by atoms with van der Waals surface area (Å²) < 4.78 is 13.7. The second kappa shape index (κ2) is 9.24. The molecule has 1 atom stereocenters. The summed E-state index contributed by atoms with van der Waals surface area (Å²) in [6, 6.07) is 17.6. The molecule has 0 fully saturated rings. The molecule has 1 unspecified atom stereocenters. The van der Waals surface area contributed by atoms with Crippen LogP contribution in [0.4, 0.5) is 0 Å². The number of aromatic nitrogens is 3. The maximum Gasteiger partial charge on any atom is 0.233 e. The summed E-state index contributed by atoms with van der Waals surface area (Å²) in [4.78, 5) is 15.0. The quantitative estimate of drug-likeness (QED) is 0.521. The third-order valence-electron chi connectivity index (χ3n) is 5.28. The van der Waals surface area contributed by atoms with Crippen LogP contribution in [0.5, 0.6) is 11.5 Å². The van der Waals surface area contributed by atoms with Gasteiger partial charge in [-0.3, -0.25) is 4.79 Å². The van der Waals surface area contributed by atoms with E-state index in [0.29, 0.717) is 29.9 Å². The summed E-state index contributed by atoms with van der Waals surface area (Å²) >= 11 is 1.38. The molecule has 1 amide bonds. The molecule has 0 N–H and O–H groups in total. The Morgan fingerprint density at radius 3 is 2.50 bits per heavy atom. The van der Waals surface area contributed by atoms with E-state index in [1.54, 1.807) is 0 Å². The Morgan fingerprint density at radius 1 is 1.09 bits per heavy atom. The number of thioether (sulfide) groups is 1. The molecule has 0 saturated carbocycles. The van der Waals surface area contributed by atoms with Crippen LogP contribution in [-0.4, -0.2) is 43.5 Å². The first-order chi connectivity index (χ1) is 15.3. The number of rotatable bonds is 6. The van der Waals surface area contributed by atoms with Crippen molar-refractivity contribution in [1.29, 1.82) is 0 Å². The van der Waals surface area contributed by atoms with Crippen molar-refractivity contribution >= 4 is 17.7 Å². The lowest BCUT2D eigenvalue weighted by Gasteiger charge is -2.36. The molecule has 32 heavy (non-hydrogen) atoms. The molecule has 0 bridgehead atoms. The zero-order valence-electron chi connectivity index (χ0n) is 18.8. The Balaban J connectivity index is 1.42. The molecule has 0 radical (unpaired) electrons. The van der Waals surface area contributed by atoms with E-state index in [2.05, 4.69) is 31.0 Å². The third kappa shape index (κ3) is 4.91.